The van der Waals surface area contributed by atoms with E-state index in [-0.39, 0.29) is 24.0 Å². The maximum atomic E-state index is 12.7. The lowest BCUT2D eigenvalue weighted by Crippen LogP contribution is -2.42. The molecule has 1 aromatic heterocycles. The van der Waals surface area contributed by atoms with E-state index in [1.54, 1.807) is 0 Å². The van der Waals surface area contributed by atoms with E-state index in [0.717, 1.165) is 30.1 Å². The van der Waals surface area contributed by atoms with Crippen LogP contribution in [0.3, 0.4) is 0 Å². The molecule has 7 nitrogen and oxygen atoms in total. The Balaban J connectivity index is 1.63. The number of hydrogen-bond donors (Lipinski definition) is 1. The number of anilines is 2. The maximum absolute atomic E-state index is 12.7. The van der Waals surface area contributed by atoms with Crippen LogP contribution in [-0.4, -0.2) is 55.9 Å². The van der Waals surface area contributed by atoms with Gasteiger partial charge >= 0.3 is 6.18 Å². The molecule has 1 aromatic carbocycles. The minimum absolute atomic E-state index is 0.0407. The first-order valence-corrected chi connectivity index (χ1v) is 10.4. The highest BCUT2D eigenvalue weighted by Crippen LogP contribution is 2.30. The molecule has 1 aliphatic heterocycles. The largest absolute Gasteiger partial charge is 0.416 e. The van der Waals surface area contributed by atoms with E-state index in [1.165, 1.54) is 10.6 Å². The zero-order valence-electron chi connectivity index (χ0n) is 16.0. The molecule has 0 aliphatic carbocycles. The van der Waals surface area contributed by atoms with Gasteiger partial charge in [0.25, 0.3) is 0 Å². The van der Waals surface area contributed by atoms with Gasteiger partial charge in [-0.2, -0.15) is 17.5 Å². The molecule has 0 saturated carbocycles. The van der Waals surface area contributed by atoms with Crippen LogP contribution in [0.4, 0.5) is 24.8 Å². The molecule has 0 amide bonds. The van der Waals surface area contributed by atoms with Gasteiger partial charge in [0, 0.05) is 39.3 Å². The van der Waals surface area contributed by atoms with Crippen molar-refractivity contribution in [3.8, 4) is 0 Å². The third kappa shape index (κ3) is 4.96. The quantitative estimate of drug-likeness (QED) is 0.788. The van der Waals surface area contributed by atoms with E-state index in [1.807, 2.05) is 25.1 Å². The zero-order valence-corrected chi connectivity index (χ0v) is 16.8. The fourth-order valence-corrected chi connectivity index (χ4v) is 4.55. The molecule has 29 heavy (non-hydrogen) atoms. The van der Waals surface area contributed by atoms with Gasteiger partial charge in [-0.05, 0) is 37.1 Å². The second kappa shape index (κ2) is 8.15. The average molecular weight is 429 g/mol. The Hall–Kier alpha value is -2.40. The van der Waals surface area contributed by atoms with Gasteiger partial charge in [0.15, 0.2) is 0 Å². The minimum atomic E-state index is -4.50. The standard InChI is InChI=1S/C18H22F3N5O2S/c1-25(2)17-11-16(22-12-23-17)24-14-7-9-26(10-8-14)29(27,28)15-5-3-13(4-6-15)18(19,20)21/h3-6,11-12,14H,7-10H2,1-2H3,(H,22,23,24). The molecule has 0 spiro atoms. The molecular weight excluding hydrogens is 407 g/mol. The van der Waals surface area contributed by atoms with Crippen LogP contribution < -0.4 is 10.2 Å². The third-order valence-corrected chi connectivity index (χ3v) is 6.65. The summed E-state index contributed by atoms with van der Waals surface area (Å²) in [6.45, 7) is 0.541. The van der Waals surface area contributed by atoms with Crippen molar-refractivity contribution in [2.75, 3.05) is 37.4 Å². The Kier molecular flexibility index (Phi) is 5.99. The van der Waals surface area contributed by atoms with Crippen LogP contribution in [-0.2, 0) is 16.2 Å². The minimum Gasteiger partial charge on any atom is -0.367 e. The van der Waals surface area contributed by atoms with E-state index in [0.29, 0.717) is 18.7 Å². The first kappa shape index (κ1) is 21.3. The number of hydrogen-bond acceptors (Lipinski definition) is 6. The number of aromatic nitrogens is 2. The van der Waals surface area contributed by atoms with Crippen molar-refractivity contribution in [2.45, 2.75) is 30.0 Å². The number of nitrogens with zero attached hydrogens (tertiary/aromatic N) is 4. The van der Waals surface area contributed by atoms with E-state index >= 15 is 0 Å². The number of halogens is 3. The summed E-state index contributed by atoms with van der Waals surface area (Å²) in [5.41, 5.74) is -0.874. The molecule has 2 heterocycles. The predicted molar refractivity (Wildman–Crippen MR) is 103 cm³/mol. The van der Waals surface area contributed by atoms with Crippen molar-refractivity contribution in [3.63, 3.8) is 0 Å². The van der Waals surface area contributed by atoms with Crippen LogP contribution in [0.25, 0.3) is 0 Å². The Morgan fingerprint density at radius 1 is 1.10 bits per heavy atom. The monoisotopic (exact) mass is 429 g/mol. The number of sulfonamides is 1. The van der Waals surface area contributed by atoms with Crippen LogP contribution in [0.5, 0.6) is 0 Å². The van der Waals surface area contributed by atoms with Gasteiger partial charge < -0.3 is 10.2 Å². The number of piperidine rings is 1. The Morgan fingerprint density at radius 3 is 2.28 bits per heavy atom. The molecule has 0 atom stereocenters. The van der Waals surface area contributed by atoms with Crippen molar-refractivity contribution in [1.82, 2.24) is 14.3 Å². The highest BCUT2D eigenvalue weighted by atomic mass is 32.2. The van der Waals surface area contributed by atoms with Crippen LogP contribution in [0, 0.1) is 0 Å². The molecule has 1 N–H and O–H groups in total. The lowest BCUT2D eigenvalue weighted by atomic mass is 10.1. The summed E-state index contributed by atoms with van der Waals surface area (Å²) in [6.07, 6.45) is -1.93. The molecular formula is C18H22F3N5O2S. The van der Waals surface area contributed by atoms with Gasteiger partial charge in [0.1, 0.15) is 18.0 Å². The summed E-state index contributed by atoms with van der Waals surface area (Å²) in [5, 5.41) is 3.29. The lowest BCUT2D eigenvalue weighted by molar-refractivity contribution is -0.137. The first-order valence-electron chi connectivity index (χ1n) is 9.00. The molecule has 3 rings (SSSR count). The number of alkyl halides is 3. The maximum Gasteiger partial charge on any atom is 0.416 e. The summed E-state index contributed by atoms with van der Waals surface area (Å²) in [6, 6.07) is 5.44. The molecule has 158 valence electrons. The second-order valence-corrected chi connectivity index (χ2v) is 8.94. The van der Waals surface area contributed by atoms with E-state index in [2.05, 4.69) is 15.3 Å². The summed E-state index contributed by atoms with van der Waals surface area (Å²) in [5.74, 6) is 1.41. The zero-order chi connectivity index (χ0) is 21.2. The summed E-state index contributed by atoms with van der Waals surface area (Å²) in [4.78, 5) is 10.1. The fourth-order valence-electron chi connectivity index (χ4n) is 3.09. The Bertz CT molecular complexity index is 941. The third-order valence-electron chi connectivity index (χ3n) is 4.74. The van der Waals surface area contributed by atoms with Crippen molar-refractivity contribution >= 4 is 21.7 Å². The highest BCUT2D eigenvalue weighted by molar-refractivity contribution is 7.89. The summed E-state index contributed by atoms with van der Waals surface area (Å²) in [7, 11) is -0.0891. The van der Waals surface area contributed by atoms with Gasteiger partial charge in [-0.15, -0.1) is 0 Å². The van der Waals surface area contributed by atoms with Crippen molar-refractivity contribution in [2.24, 2.45) is 0 Å². The molecule has 1 saturated heterocycles. The van der Waals surface area contributed by atoms with Crippen molar-refractivity contribution in [1.29, 1.82) is 0 Å². The molecule has 0 radical (unpaired) electrons. The Morgan fingerprint density at radius 2 is 1.72 bits per heavy atom. The summed E-state index contributed by atoms with van der Waals surface area (Å²) < 4.78 is 64.8. The molecule has 0 bridgehead atoms. The van der Waals surface area contributed by atoms with Gasteiger partial charge in [-0.1, -0.05) is 0 Å². The number of rotatable bonds is 5. The van der Waals surface area contributed by atoms with E-state index < -0.39 is 21.8 Å². The molecule has 2 aromatic rings. The summed E-state index contributed by atoms with van der Waals surface area (Å²) >= 11 is 0. The van der Waals surface area contributed by atoms with Gasteiger partial charge in [0.05, 0.1) is 10.5 Å². The van der Waals surface area contributed by atoms with Crippen LogP contribution >= 0.6 is 0 Å². The van der Waals surface area contributed by atoms with Crippen molar-refractivity contribution < 1.29 is 21.6 Å². The van der Waals surface area contributed by atoms with Crippen LogP contribution in [0.1, 0.15) is 18.4 Å². The molecule has 1 aliphatic rings. The SMILES string of the molecule is CN(C)c1cc(NC2CCN(S(=O)(=O)c3ccc(C(F)(F)F)cc3)CC2)ncn1. The van der Waals surface area contributed by atoms with Gasteiger partial charge in [-0.3, -0.25) is 0 Å². The molecule has 1 fully saturated rings. The highest BCUT2D eigenvalue weighted by Gasteiger charge is 2.33. The number of nitrogens with one attached hydrogen (secondary N) is 1. The van der Waals surface area contributed by atoms with Crippen LogP contribution in [0.2, 0.25) is 0 Å². The molecule has 0 unspecified atom stereocenters. The average Bonchev–Trinajstić information content (AvgIpc) is 2.68. The van der Waals surface area contributed by atoms with Crippen molar-refractivity contribution in [3.05, 3.63) is 42.2 Å². The Labute approximate surface area is 167 Å². The molecule has 11 heteroatoms. The van der Waals surface area contributed by atoms with Gasteiger partial charge in [0.2, 0.25) is 10.0 Å². The normalized spacial score (nSPS) is 16.6. The number of benzene rings is 1. The topological polar surface area (TPSA) is 78.4 Å². The first-order chi connectivity index (χ1) is 13.6. The smallest absolute Gasteiger partial charge is 0.367 e. The van der Waals surface area contributed by atoms with E-state index in [9.17, 15) is 21.6 Å². The second-order valence-electron chi connectivity index (χ2n) is 7.00. The van der Waals surface area contributed by atoms with Gasteiger partial charge in [-0.25, -0.2) is 18.4 Å². The van der Waals surface area contributed by atoms with Crippen LogP contribution in [0.15, 0.2) is 41.6 Å². The predicted octanol–water partition coefficient (Wildman–Crippen LogP) is 2.83. The lowest BCUT2D eigenvalue weighted by Gasteiger charge is -2.32. The van der Waals surface area contributed by atoms with E-state index in [4.69, 9.17) is 0 Å². The fraction of sp³-hybridized carbons (Fsp3) is 0.444.